The number of carbonyl (C=O) groups is 3. The predicted octanol–water partition coefficient (Wildman–Crippen LogP) is 2.63. The van der Waals surface area contributed by atoms with Gasteiger partial charge in [-0.3, -0.25) is 9.69 Å². The second kappa shape index (κ2) is 8.12. The van der Waals surface area contributed by atoms with Crippen molar-refractivity contribution in [1.82, 2.24) is 10.2 Å². The number of imide groups is 1. The Morgan fingerprint density at radius 3 is 2.45 bits per heavy atom. The predicted molar refractivity (Wildman–Crippen MR) is 105 cm³/mol. The maximum Gasteiger partial charge on any atom is 0.338 e. The van der Waals surface area contributed by atoms with Crippen LogP contribution in [0.2, 0.25) is 0 Å². The first-order valence-corrected chi connectivity index (χ1v) is 9.73. The Morgan fingerprint density at radius 1 is 1.10 bits per heavy atom. The zero-order chi connectivity index (χ0) is 20.4. The van der Waals surface area contributed by atoms with E-state index in [-0.39, 0.29) is 25.6 Å². The van der Waals surface area contributed by atoms with Gasteiger partial charge in [0.15, 0.2) is 11.5 Å². The Labute approximate surface area is 174 Å². The fourth-order valence-electron chi connectivity index (χ4n) is 2.99. The summed E-state index contributed by atoms with van der Waals surface area (Å²) in [5, 5.41) is 2.47. The summed E-state index contributed by atoms with van der Waals surface area (Å²) in [6.07, 6.45) is 0. The molecule has 0 aliphatic carbocycles. The van der Waals surface area contributed by atoms with Gasteiger partial charge in [-0.1, -0.05) is 28.1 Å². The summed E-state index contributed by atoms with van der Waals surface area (Å²) in [4.78, 5) is 36.7. The third kappa shape index (κ3) is 4.19. The first-order valence-electron chi connectivity index (χ1n) is 8.93. The van der Waals surface area contributed by atoms with Crippen molar-refractivity contribution in [2.24, 2.45) is 0 Å². The van der Waals surface area contributed by atoms with E-state index in [0.717, 1.165) is 20.5 Å². The van der Waals surface area contributed by atoms with Crippen LogP contribution < -0.4 is 14.8 Å². The number of hydrogen-bond donors (Lipinski definition) is 1. The molecule has 1 fully saturated rings. The van der Waals surface area contributed by atoms with E-state index < -0.39 is 12.0 Å². The van der Waals surface area contributed by atoms with Crippen LogP contribution in [-0.2, 0) is 22.7 Å². The number of fused-ring (bicyclic) bond motifs is 1. The zero-order valence-electron chi connectivity index (χ0n) is 15.3. The lowest BCUT2D eigenvalue weighted by Gasteiger charge is -2.20. The maximum absolute atomic E-state index is 12.4. The minimum atomic E-state index is -0.478. The molecule has 2 heterocycles. The van der Waals surface area contributed by atoms with Crippen LogP contribution in [0.3, 0.4) is 0 Å². The van der Waals surface area contributed by atoms with Crippen LogP contribution in [0, 0.1) is 0 Å². The summed E-state index contributed by atoms with van der Waals surface area (Å²) in [6.45, 7) is 1.22. The Kier molecular flexibility index (Phi) is 5.39. The molecule has 2 aliphatic rings. The van der Waals surface area contributed by atoms with Crippen molar-refractivity contribution in [3.63, 3.8) is 0 Å². The van der Waals surface area contributed by atoms with Gasteiger partial charge in [-0.25, -0.2) is 9.59 Å². The van der Waals surface area contributed by atoms with Crippen LogP contribution in [0.15, 0.2) is 40.9 Å². The molecular weight excluding hydrogens is 444 g/mol. The number of nitrogens with one attached hydrogen (secondary N) is 1. The molecule has 1 saturated heterocycles. The molecule has 8 nitrogen and oxygen atoms in total. The van der Waals surface area contributed by atoms with Gasteiger partial charge in [0.2, 0.25) is 5.91 Å². The van der Waals surface area contributed by atoms with Crippen molar-refractivity contribution in [3.8, 4) is 11.5 Å². The molecule has 150 valence electrons. The number of benzene rings is 2. The average Bonchev–Trinajstić information content (AvgIpc) is 3.04. The molecule has 4 rings (SSSR count). The summed E-state index contributed by atoms with van der Waals surface area (Å²) in [7, 11) is 0. The number of carbonyl (C=O) groups excluding carboxylic acids is 3. The quantitative estimate of drug-likeness (QED) is 0.544. The molecule has 0 radical (unpaired) electrons. The van der Waals surface area contributed by atoms with E-state index >= 15 is 0 Å². The Bertz CT molecular complexity index is 960. The molecular formula is C20H17BrN2O6. The van der Waals surface area contributed by atoms with Crippen LogP contribution in [0.4, 0.5) is 4.79 Å². The van der Waals surface area contributed by atoms with Crippen molar-refractivity contribution >= 4 is 33.8 Å². The van der Waals surface area contributed by atoms with E-state index in [1.54, 1.807) is 36.4 Å². The first-order chi connectivity index (χ1) is 14.0. The number of urea groups is 1. The van der Waals surface area contributed by atoms with E-state index in [4.69, 9.17) is 14.2 Å². The monoisotopic (exact) mass is 460 g/mol. The van der Waals surface area contributed by atoms with Gasteiger partial charge < -0.3 is 19.5 Å². The summed E-state index contributed by atoms with van der Waals surface area (Å²) in [5.74, 6) is 0.520. The molecule has 0 bridgehead atoms. The summed E-state index contributed by atoms with van der Waals surface area (Å²) in [5.41, 5.74) is 1.87. The second-order valence-corrected chi connectivity index (χ2v) is 7.35. The van der Waals surface area contributed by atoms with Gasteiger partial charge in [0, 0.05) is 10.0 Å². The van der Waals surface area contributed by atoms with Gasteiger partial charge in [-0.15, -0.1) is 0 Å². The number of esters is 1. The van der Waals surface area contributed by atoms with E-state index in [2.05, 4.69) is 21.2 Å². The van der Waals surface area contributed by atoms with Crippen molar-refractivity contribution in [2.45, 2.75) is 13.2 Å². The number of halogens is 1. The Balaban J connectivity index is 1.38. The number of nitrogens with zero attached hydrogens (tertiary/aromatic N) is 1. The average molecular weight is 461 g/mol. The highest BCUT2D eigenvalue weighted by Crippen LogP contribution is 2.35. The van der Waals surface area contributed by atoms with Gasteiger partial charge in [0.25, 0.3) is 0 Å². The van der Waals surface area contributed by atoms with Gasteiger partial charge >= 0.3 is 12.0 Å². The molecule has 2 aliphatic heterocycles. The standard InChI is InChI=1S/C20H17BrN2O6/c21-15-8-17-16(27-5-6-28-17)7-14(15)11-29-19(25)13-3-1-12(2-4-13)10-23-18(24)9-22-20(23)26/h1-4,7-8H,5-6,9-11H2,(H,22,26). The fourth-order valence-corrected chi connectivity index (χ4v) is 3.42. The van der Waals surface area contributed by atoms with Crippen LogP contribution in [-0.4, -0.2) is 42.6 Å². The SMILES string of the molecule is O=C(OCc1cc2c(cc1Br)OCCO2)c1ccc(CN2C(=O)CNC2=O)cc1. The number of amides is 3. The van der Waals surface area contributed by atoms with Gasteiger partial charge in [0.1, 0.15) is 19.8 Å². The van der Waals surface area contributed by atoms with E-state index in [1.807, 2.05) is 0 Å². The van der Waals surface area contributed by atoms with E-state index in [9.17, 15) is 14.4 Å². The fraction of sp³-hybridized carbons (Fsp3) is 0.250. The first kappa shape index (κ1) is 19.3. The highest BCUT2D eigenvalue weighted by molar-refractivity contribution is 9.10. The smallest absolute Gasteiger partial charge is 0.338 e. The summed E-state index contributed by atoms with van der Waals surface area (Å²) >= 11 is 3.45. The van der Waals surface area contributed by atoms with E-state index in [1.165, 1.54) is 0 Å². The maximum atomic E-state index is 12.4. The van der Waals surface area contributed by atoms with E-state index in [0.29, 0.717) is 30.3 Å². The van der Waals surface area contributed by atoms with Crippen LogP contribution in [0.5, 0.6) is 11.5 Å². The molecule has 1 N–H and O–H groups in total. The third-order valence-electron chi connectivity index (χ3n) is 4.54. The lowest BCUT2D eigenvalue weighted by molar-refractivity contribution is -0.125. The Morgan fingerprint density at radius 2 is 1.79 bits per heavy atom. The molecule has 0 unspecified atom stereocenters. The van der Waals surface area contributed by atoms with Crippen molar-refractivity contribution in [1.29, 1.82) is 0 Å². The summed E-state index contributed by atoms with van der Waals surface area (Å²) in [6, 6.07) is 9.76. The highest BCUT2D eigenvalue weighted by atomic mass is 79.9. The normalized spacial score (nSPS) is 15.3. The third-order valence-corrected chi connectivity index (χ3v) is 5.28. The molecule has 9 heteroatoms. The molecule has 0 saturated carbocycles. The van der Waals surface area contributed by atoms with Gasteiger partial charge in [0.05, 0.1) is 18.7 Å². The molecule has 0 aromatic heterocycles. The van der Waals surface area contributed by atoms with Crippen molar-refractivity contribution in [2.75, 3.05) is 19.8 Å². The molecule has 0 spiro atoms. The minimum Gasteiger partial charge on any atom is -0.486 e. The largest absolute Gasteiger partial charge is 0.486 e. The highest BCUT2D eigenvalue weighted by Gasteiger charge is 2.28. The van der Waals surface area contributed by atoms with Crippen LogP contribution in [0.1, 0.15) is 21.5 Å². The van der Waals surface area contributed by atoms with Gasteiger partial charge in [-0.2, -0.15) is 0 Å². The number of hydrogen-bond acceptors (Lipinski definition) is 6. The number of ether oxygens (including phenoxy) is 3. The topological polar surface area (TPSA) is 94.2 Å². The van der Waals surface area contributed by atoms with Crippen molar-refractivity contribution in [3.05, 3.63) is 57.6 Å². The zero-order valence-corrected chi connectivity index (χ0v) is 16.9. The molecule has 3 amide bonds. The molecule has 29 heavy (non-hydrogen) atoms. The van der Waals surface area contributed by atoms with Crippen LogP contribution >= 0.6 is 15.9 Å². The molecule has 2 aromatic rings. The van der Waals surface area contributed by atoms with Gasteiger partial charge in [-0.05, 0) is 29.8 Å². The number of rotatable bonds is 5. The lowest BCUT2D eigenvalue weighted by atomic mass is 10.1. The van der Waals surface area contributed by atoms with Crippen molar-refractivity contribution < 1.29 is 28.6 Å². The molecule has 2 aromatic carbocycles. The minimum absolute atomic E-state index is 0.0126. The Hall–Kier alpha value is -3.07. The lowest BCUT2D eigenvalue weighted by Crippen LogP contribution is -2.30. The second-order valence-electron chi connectivity index (χ2n) is 6.50. The molecule has 0 atom stereocenters. The van der Waals surface area contributed by atoms with Crippen LogP contribution in [0.25, 0.3) is 0 Å². The summed E-state index contributed by atoms with van der Waals surface area (Å²) < 4.78 is 17.2.